The number of amides is 1. The summed E-state index contributed by atoms with van der Waals surface area (Å²) < 4.78 is 31.6. The lowest BCUT2D eigenvalue weighted by atomic mass is 10.0. The Bertz CT molecular complexity index is 1480. The van der Waals surface area contributed by atoms with Crippen LogP contribution in [-0.2, 0) is 0 Å². The van der Waals surface area contributed by atoms with E-state index in [2.05, 4.69) is 16.9 Å². The van der Waals surface area contributed by atoms with E-state index in [-0.39, 0.29) is 22.5 Å². The van der Waals surface area contributed by atoms with E-state index in [0.717, 1.165) is 24.2 Å². The second-order valence-corrected chi connectivity index (χ2v) is 9.65. The van der Waals surface area contributed by atoms with Gasteiger partial charge in [0.2, 0.25) is 5.75 Å². The number of fused-ring (bicyclic) bond motifs is 1. The maximum atomic E-state index is 14.2. The van der Waals surface area contributed by atoms with E-state index in [9.17, 15) is 9.18 Å². The van der Waals surface area contributed by atoms with E-state index < -0.39 is 11.9 Å². The molecule has 0 saturated carbocycles. The van der Waals surface area contributed by atoms with Gasteiger partial charge >= 0.3 is 0 Å². The number of rotatable bonds is 6. The molecular weight excluding hydrogens is 511 g/mol. The van der Waals surface area contributed by atoms with Crippen molar-refractivity contribution in [3.05, 3.63) is 70.8 Å². The maximum absolute atomic E-state index is 14.2. The minimum atomic E-state index is -0.726. The number of carbonyl (C=O) groups excluding carboxylic acids is 1. The van der Waals surface area contributed by atoms with Gasteiger partial charge in [-0.3, -0.25) is 4.79 Å². The van der Waals surface area contributed by atoms with Gasteiger partial charge in [-0.15, -0.1) is 0 Å². The molecule has 2 aromatic heterocycles. The van der Waals surface area contributed by atoms with Crippen LogP contribution < -0.4 is 15.2 Å². The zero-order chi connectivity index (χ0) is 27.0. The fourth-order valence-electron chi connectivity index (χ4n) is 4.64. The number of nitrogens with zero attached hydrogens (tertiary/aromatic N) is 3. The van der Waals surface area contributed by atoms with Gasteiger partial charge in [-0.2, -0.15) is 0 Å². The molecule has 0 bridgehead atoms. The highest BCUT2D eigenvalue weighted by molar-refractivity contribution is 6.31. The molecule has 38 heavy (non-hydrogen) atoms. The summed E-state index contributed by atoms with van der Waals surface area (Å²) >= 11 is 6.24. The normalized spacial score (nSPS) is 15.0. The number of ether oxygens (including phenoxy) is 2. The van der Waals surface area contributed by atoms with Gasteiger partial charge in [0, 0.05) is 43.5 Å². The minimum Gasteiger partial charge on any atom is -0.496 e. The topological polar surface area (TPSA) is 94.1 Å². The van der Waals surface area contributed by atoms with E-state index in [1.54, 1.807) is 19.4 Å². The van der Waals surface area contributed by atoms with Gasteiger partial charge in [-0.25, -0.2) is 9.37 Å². The number of pyridine rings is 1. The van der Waals surface area contributed by atoms with Crippen LogP contribution in [0.15, 0.2) is 53.3 Å². The Balaban J connectivity index is 1.43. The predicted molar refractivity (Wildman–Crippen MR) is 144 cm³/mol. The minimum absolute atomic E-state index is 0.0206. The van der Waals surface area contributed by atoms with E-state index in [1.165, 1.54) is 19.2 Å². The van der Waals surface area contributed by atoms with Gasteiger partial charge in [-0.1, -0.05) is 23.7 Å². The fraction of sp³-hybridized carbons (Fsp3) is 0.286. The molecule has 2 aromatic carbocycles. The van der Waals surface area contributed by atoms with Gasteiger partial charge in [-0.05, 0) is 43.8 Å². The SMILES string of the molecule is COc1ccc(F)c(Cl)c1C(C)Oc1c(N)ncc2c(-c3ccc(C(=O)N4CCN(C)CC4)cc3)coc12. The lowest BCUT2D eigenvalue weighted by Crippen LogP contribution is -2.47. The molecule has 1 unspecified atom stereocenters. The molecular formula is C28H28ClFN4O4. The van der Waals surface area contributed by atoms with Crippen molar-refractivity contribution in [1.29, 1.82) is 0 Å². The van der Waals surface area contributed by atoms with Crippen LogP contribution in [0, 0.1) is 5.82 Å². The van der Waals surface area contributed by atoms with E-state index in [4.69, 9.17) is 31.2 Å². The number of hydrogen-bond donors (Lipinski definition) is 1. The Morgan fingerprint density at radius 3 is 2.55 bits per heavy atom. The van der Waals surface area contributed by atoms with Crippen molar-refractivity contribution in [2.75, 3.05) is 46.1 Å². The van der Waals surface area contributed by atoms with Gasteiger partial charge in [0.05, 0.1) is 29.3 Å². The van der Waals surface area contributed by atoms with Crippen LogP contribution in [0.25, 0.3) is 22.1 Å². The first kappa shape index (κ1) is 25.8. The molecule has 0 radical (unpaired) electrons. The molecule has 1 atom stereocenters. The van der Waals surface area contributed by atoms with Crippen molar-refractivity contribution in [2.45, 2.75) is 13.0 Å². The first-order valence-corrected chi connectivity index (χ1v) is 12.6. The van der Waals surface area contributed by atoms with Crippen molar-refractivity contribution in [3.63, 3.8) is 0 Å². The highest BCUT2D eigenvalue weighted by atomic mass is 35.5. The number of aromatic nitrogens is 1. The van der Waals surface area contributed by atoms with Crippen molar-refractivity contribution in [1.82, 2.24) is 14.8 Å². The molecule has 8 nitrogen and oxygen atoms in total. The number of furan rings is 1. The number of halogens is 2. The number of benzene rings is 2. The first-order chi connectivity index (χ1) is 18.3. The summed E-state index contributed by atoms with van der Waals surface area (Å²) in [5.41, 5.74) is 9.14. The third kappa shape index (κ3) is 4.75. The highest BCUT2D eigenvalue weighted by Gasteiger charge is 2.25. The zero-order valence-electron chi connectivity index (χ0n) is 21.3. The van der Waals surface area contributed by atoms with Crippen molar-refractivity contribution in [2.24, 2.45) is 0 Å². The van der Waals surface area contributed by atoms with E-state index >= 15 is 0 Å². The third-order valence-electron chi connectivity index (χ3n) is 6.85. The summed E-state index contributed by atoms with van der Waals surface area (Å²) in [5.74, 6) is 0.147. The summed E-state index contributed by atoms with van der Waals surface area (Å²) in [6, 6.07) is 10.1. The number of nitrogens with two attached hydrogens (primary N) is 1. The Labute approximate surface area is 224 Å². The number of carbonyl (C=O) groups is 1. The second-order valence-electron chi connectivity index (χ2n) is 9.27. The van der Waals surface area contributed by atoms with Crippen LogP contribution in [0.4, 0.5) is 10.2 Å². The van der Waals surface area contributed by atoms with Crippen LogP contribution in [0.5, 0.6) is 11.5 Å². The fourth-order valence-corrected chi connectivity index (χ4v) is 4.95. The molecule has 0 spiro atoms. The van der Waals surface area contributed by atoms with Crippen LogP contribution in [0.1, 0.15) is 28.9 Å². The Kier molecular flexibility index (Phi) is 7.14. The van der Waals surface area contributed by atoms with Crippen LogP contribution >= 0.6 is 11.6 Å². The molecule has 3 heterocycles. The summed E-state index contributed by atoms with van der Waals surface area (Å²) in [6.07, 6.45) is 2.48. The molecule has 1 amide bonds. The quantitative estimate of drug-likeness (QED) is 0.351. The van der Waals surface area contributed by atoms with Crippen molar-refractivity contribution in [3.8, 4) is 22.6 Å². The van der Waals surface area contributed by atoms with Gasteiger partial charge in [0.25, 0.3) is 5.91 Å². The number of anilines is 1. The van der Waals surface area contributed by atoms with Gasteiger partial charge in [0.1, 0.15) is 17.7 Å². The number of hydrogen-bond acceptors (Lipinski definition) is 7. The smallest absolute Gasteiger partial charge is 0.253 e. The molecule has 198 valence electrons. The zero-order valence-corrected chi connectivity index (χ0v) is 22.1. The largest absolute Gasteiger partial charge is 0.496 e. The van der Waals surface area contributed by atoms with E-state index in [0.29, 0.717) is 40.9 Å². The monoisotopic (exact) mass is 538 g/mol. The summed E-state index contributed by atoms with van der Waals surface area (Å²) in [4.78, 5) is 21.3. The maximum Gasteiger partial charge on any atom is 0.253 e. The van der Waals surface area contributed by atoms with Gasteiger partial charge < -0.3 is 29.4 Å². The average molecular weight is 539 g/mol. The lowest BCUT2D eigenvalue weighted by molar-refractivity contribution is 0.0664. The van der Waals surface area contributed by atoms with Crippen LogP contribution in [-0.4, -0.2) is 61.0 Å². The number of likely N-dealkylation sites (N-methyl/N-ethyl adjacent to an activating group) is 1. The molecule has 10 heteroatoms. The average Bonchev–Trinajstić information content (AvgIpc) is 3.36. The molecule has 1 aliphatic heterocycles. The highest BCUT2D eigenvalue weighted by Crippen LogP contribution is 2.42. The Morgan fingerprint density at radius 2 is 1.87 bits per heavy atom. The Hall–Kier alpha value is -3.82. The molecule has 1 aliphatic rings. The summed E-state index contributed by atoms with van der Waals surface area (Å²) in [5, 5.41) is 0.582. The molecule has 5 rings (SSSR count). The second kappa shape index (κ2) is 10.5. The van der Waals surface area contributed by atoms with Crippen molar-refractivity contribution < 1.29 is 23.1 Å². The standard InChI is InChI=1S/C28H28ClFN4O4/c1-16(23-22(36-3)9-8-21(30)24(23)29)38-26-25-19(14-32-27(26)31)20(15-37-25)17-4-6-18(7-5-17)28(35)34-12-10-33(2)11-13-34/h4-9,14-16H,10-13H2,1-3H3,(H2,31,32). The van der Waals surface area contributed by atoms with Crippen LogP contribution in [0.2, 0.25) is 5.02 Å². The third-order valence-corrected chi connectivity index (χ3v) is 7.23. The van der Waals surface area contributed by atoms with Crippen molar-refractivity contribution >= 4 is 34.3 Å². The number of nitrogen functional groups attached to an aromatic ring is 1. The lowest BCUT2D eigenvalue weighted by Gasteiger charge is -2.32. The molecule has 0 aliphatic carbocycles. The van der Waals surface area contributed by atoms with Gasteiger partial charge in [0.15, 0.2) is 11.4 Å². The Morgan fingerprint density at radius 1 is 1.16 bits per heavy atom. The molecule has 2 N–H and O–H groups in total. The first-order valence-electron chi connectivity index (χ1n) is 12.2. The van der Waals surface area contributed by atoms with Crippen LogP contribution in [0.3, 0.4) is 0 Å². The summed E-state index contributed by atoms with van der Waals surface area (Å²) in [6.45, 7) is 4.86. The molecule has 4 aromatic rings. The predicted octanol–water partition coefficient (Wildman–Crippen LogP) is 5.41. The number of piperazine rings is 1. The number of methoxy groups -OCH3 is 1. The molecule has 1 saturated heterocycles. The molecule has 1 fully saturated rings. The van der Waals surface area contributed by atoms with E-state index in [1.807, 2.05) is 29.2 Å². The summed E-state index contributed by atoms with van der Waals surface area (Å²) in [7, 11) is 3.53.